The fraction of sp³-hybridized carbons (Fsp3) is 0.318. The summed E-state index contributed by atoms with van der Waals surface area (Å²) in [7, 11) is 0. The number of fused-ring (bicyclic) bond motifs is 1. The van der Waals surface area contributed by atoms with Crippen molar-refractivity contribution in [1.29, 1.82) is 0 Å². The second-order valence-electron chi connectivity index (χ2n) is 6.92. The molecule has 0 aliphatic carbocycles. The third-order valence-electron chi connectivity index (χ3n) is 4.81. The number of hydrogen-bond acceptors (Lipinski definition) is 3. The summed E-state index contributed by atoms with van der Waals surface area (Å²) < 4.78 is 0. The van der Waals surface area contributed by atoms with Crippen LogP contribution in [0.1, 0.15) is 30.9 Å². The van der Waals surface area contributed by atoms with Gasteiger partial charge >= 0.3 is 11.8 Å². The van der Waals surface area contributed by atoms with Crippen LogP contribution in [0.25, 0.3) is 0 Å². The van der Waals surface area contributed by atoms with Crippen molar-refractivity contribution in [1.82, 2.24) is 5.32 Å². The van der Waals surface area contributed by atoms with Gasteiger partial charge in [0.1, 0.15) is 0 Å². The molecule has 6 nitrogen and oxygen atoms in total. The molecule has 2 N–H and O–H groups in total. The van der Waals surface area contributed by atoms with E-state index in [0.29, 0.717) is 18.8 Å². The van der Waals surface area contributed by atoms with Crippen molar-refractivity contribution in [2.45, 2.75) is 32.6 Å². The summed E-state index contributed by atoms with van der Waals surface area (Å²) in [5.41, 5.74) is 3.65. The average molecular weight is 379 g/mol. The summed E-state index contributed by atoms with van der Waals surface area (Å²) in [6.45, 7) is 2.70. The summed E-state index contributed by atoms with van der Waals surface area (Å²) in [5.74, 6) is -1.32. The third kappa shape index (κ3) is 4.97. The average Bonchev–Trinajstić information content (AvgIpc) is 2.71. The lowest BCUT2D eigenvalue weighted by Crippen LogP contribution is -2.36. The molecule has 3 rings (SSSR count). The van der Waals surface area contributed by atoms with Gasteiger partial charge in [-0.25, -0.2) is 0 Å². The fourth-order valence-electron chi connectivity index (χ4n) is 3.41. The number of rotatable bonds is 5. The smallest absolute Gasteiger partial charge is 0.313 e. The van der Waals surface area contributed by atoms with Gasteiger partial charge in [0.05, 0.1) is 0 Å². The van der Waals surface area contributed by atoms with Gasteiger partial charge in [-0.3, -0.25) is 14.4 Å². The molecule has 3 amide bonds. The maximum atomic E-state index is 12.1. The highest BCUT2D eigenvalue weighted by atomic mass is 16.2. The van der Waals surface area contributed by atoms with Gasteiger partial charge in [-0.1, -0.05) is 30.3 Å². The van der Waals surface area contributed by atoms with Gasteiger partial charge in [0.15, 0.2) is 0 Å². The van der Waals surface area contributed by atoms with Gasteiger partial charge in [-0.15, -0.1) is 0 Å². The summed E-state index contributed by atoms with van der Waals surface area (Å²) in [5, 5.41) is 5.29. The van der Waals surface area contributed by atoms with Crippen LogP contribution in [0.2, 0.25) is 0 Å². The molecular formula is C22H25N3O3. The molecule has 1 heterocycles. The van der Waals surface area contributed by atoms with E-state index in [2.05, 4.69) is 10.6 Å². The van der Waals surface area contributed by atoms with E-state index in [1.165, 1.54) is 5.56 Å². The van der Waals surface area contributed by atoms with E-state index in [-0.39, 0.29) is 5.91 Å². The molecule has 1 aliphatic heterocycles. The zero-order chi connectivity index (χ0) is 19.9. The largest absolute Gasteiger partial charge is 0.348 e. The first-order valence-electron chi connectivity index (χ1n) is 9.59. The van der Waals surface area contributed by atoms with Gasteiger partial charge in [-0.05, 0) is 55.0 Å². The Bertz CT molecular complexity index is 865. The van der Waals surface area contributed by atoms with Crippen LogP contribution in [0.4, 0.5) is 11.4 Å². The van der Waals surface area contributed by atoms with E-state index in [4.69, 9.17) is 0 Å². The van der Waals surface area contributed by atoms with Crippen LogP contribution < -0.4 is 15.5 Å². The predicted molar refractivity (Wildman–Crippen MR) is 109 cm³/mol. The molecule has 0 saturated heterocycles. The van der Waals surface area contributed by atoms with E-state index < -0.39 is 11.8 Å². The first-order valence-corrected chi connectivity index (χ1v) is 9.59. The molecule has 1 aliphatic rings. The molecule has 0 spiro atoms. The number of amides is 3. The van der Waals surface area contributed by atoms with E-state index in [1.54, 1.807) is 17.9 Å². The molecule has 28 heavy (non-hydrogen) atoms. The van der Waals surface area contributed by atoms with Crippen LogP contribution in [-0.2, 0) is 27.2 Å². The molecule has 2 aromatic rings. The number of aryl methyl sites for hydroxylation is 2. The highest BCUT2D eigenvalue weighted by molar-refractivity contribution is 6.39. The Balaban J connectivity index is 1.50. The summed E-state index contributed by atoms with van der Waals surface area (Å²) in [6.07, 6.45) is 3.34. The summed E-state index contributed by atoms with van der Waals surface area (Å²) in [4.78, 5) is 37.6. The Morgan fingerprint density at radius 2 is 1.82 bits per heavy atom. The molecule has 0 atom stereocenters. The van der Waals surface area contributed by atoms with Gasteiger partial charge in [-0.2, -0.15) is 0 Å². The Kier molecular flexibility index (Phi) is 6.42. The Labute approximate surface area is 164 Å². The predicted octanol–water partition coefficient (Wildman–Crippen LogP) is 2.67. The number of hydrogen-bond donors (Lipinski definition) is 2. The zero-order valence-electron chi connectivity index (χ0n) is 16.0. The Morgan fingerprint density at radius 1 is 1.04 bits per heavy atom. The molecule has 0 saturated carbocycles. The molecule has 0 radical (unpaired) electrons. The molecule has 0 fully saturated rings. The normalized spacial score (nSPS) is 12.8. The van der Waals surface area contributed by atoms with Gasteiger partial charge < -0.3 is 15.5 Å². The van der Waals surface area contributed by atoms with E-state index >= 15 is 0 Å². The van der Waals surface area contributed by atoms with Crippen molar-refractivity contribution in [2.24, 2.45) is 0 Å². The maximum absolute atomic E-state index is 12.1. The van der Waals surface area contributed by atoms with Crippen LogP contribution in [0.5, 0.6) is 0 Å². The monoisotopic (exact) mass is 379 g/mol. The van der Waals surface area contributed by atoms with Crippen molar-refractivity contribution in [3.8, 4) is 0 Å². The fourth-order valence-corrected chi connectivity index (χ4v) is 3.41. The number of benzene rings is 2. The Morgan fingerprint density at radius 3 is 2.57 bits per heavy atom. The van der Waals surface area contributed by atoms with Crippen molar-refractivity contribution in [3.63, 3.8) is 0 Å². The van der Waals surface area contributed by atoms with Crippen LogP contribution in [0.3, 0.4) is 0 Å². The second kappa shape index (κ2) is 9.17. The molecule has 0 unspecified atom stereocenters. The number of anilines is 2. The van der Waals surface area contributed by atoms with Gasteiger partial charge in [0.25, 0.3) is 0 Å². The first kappa shape index (κ1) is 19.6. The van der Waals surface area contributed by atoms with Crippen LogP contribution >= 0.6 is 0 Å². The quantitative estimate of drug-likeness (QED) is 0.619. The third-order valence-corrected chi connectivity index (χ3v) is 4.81. The summed E-state index contributed by atoms with van der Waals surface area (Å²) >= 11 is 0. The minimum atomic E-state index is -0.682. The number of carbonyl (C=O) groups excluding carboxylic acids is 3. The lowest BCUT2D eigenvalue weighted by molar-refractivity contribution is -0.136. The van der Waals surface area contributed by atoms with Crippen LogP contribution in [0.15, 0.2) is 48.5 Å². The zero-order valence-corrected chi connectivity index (χ0v) is 16.0. The molecule has 146 valence electrons. The van der Waals surface area contributed by atoms with Crippen molar-refractivity contribution in [2.75, 3.05) is 23.3 Å². The van der Waals surface area contributed by atoms with Gasteiger partial charge in [0.2, 0.25) is 5.91 Å². The highest BCUT2D eigenvalue weighted by Gasteiger charge is 2.21. The minimum Gasteiger partial charge on any atom is -0.348 e. The van der Waals surface area contributed by atoms with Crippen LogP contribution in [0, 0.1) is 0 Å². The SMILES string of the molecule is CC(=O)N1CCCc2cc(NC(=O)C(=O)NCCCc3ccccc3)ccc21. The van der Waals surface area contributed by atoms with E-state index in [1.807, 2.05) is 42.5 Å². The number of nitrogens with one attached hydrogen (secondary N) is 2. The maximum Gasteiger partial charge on any atom is 0.313 e. The van der Waals surface area contributed by atoms with E-state index in [0.717, 1.165) is 36.9 Å². The standard InChI is InChI=1S/C22H25N3O3/c1-16(26)25-14-6-10-18-15-19(11-12-20(18)25)24-22(28)21(27)23-13-5-9-17-7-3-2-4-8-17/h2-4,7-8,11-12,15H,5-6,9-10,13-14H2,1H3,(H,23,27)(H,24,28). The minimum absolute atomic E-state index is 0.00705. The second-order valence-corrected chi connectivity index (χ2v) is 6.92. The first-order chi connectivity index (χ1) is 13.5. The molecule has 2 aromatic carbocycles. The Hall–Kier alpha value is -3.15. The number of carbonyl (C=O) groups is 3. The van der Waals surface area contributed by atoms with Crippen molar-refractivity contribution >= 4 is 29.1 Å². The van der Waals surface area contributed by atoms with Gasteiger partial charge in [0, 0.05) is 31.4 Å². The molecule has 0 bridgehead atoms. The lowest BCUT2D eigenvalue weighted by atomic mass is 10.0. The molecular weight excluding hydrogens is 354 g/mol. The molecule has 6 heteroatoms. The topological polar surface area (TPSA) is 78.5 Å². The highest BCUT2D eigenvalue weighted by Crippen LogP contribution is 2.29. The lowest BCUT2D eigenvalue weighted by Gasteiger charge is -2.28. The summed E-state index contributed by atoms with van der Waals surface area (Å²) in [6, 6.07) is 15.4. The van der Waals surface area contributed by atoms with E-state index in [9.17, 15) is 14.4 Å². The van der Waals surface area contributed by atoms with Crippen molar-refractivity contribution in [3.05, 3.63) is 59.7 Å². The van der Waals surface area contributed by atoms with Crippen molar-refractivity contribution < 1.29 is 14.4 Å². The number of nitrogens with zero attached hydrogens (tertiary/aromatic N) is 1. The molecule has 0 aromatic heterocycles. The van der Waals surface area contributed by atoms with Crippen LogP contribution in [-0.4, -0.2) is 30.8 Å².